The number of carbonyl (C=O) groups is 1. The number of rotatable bonds is 2. The topological polar surface area (TPSA) is 32.8 Å². The molecule has 1 unspecified atom stereocenters. The number of amides is 1. The number of hydrogen-bond donors (Lipinski definition) is 0. The van der Waals surface area contributed by atoms with E-state index in [-0.39, 0.29) is 11.5 Å². The van der Waals surface area contributed by atoms with Crippen LogP contribution in [-0.4, -0.2) is 60.1 Å². The maximum atomic E-state index is 12.7. The maximum absolute atomic E-state index is 12.7. The Morgan fingerprint density at radius 2 is 1.92 bits per heavy atom. The summed E-state index contributed by atoms with van der Waals surface area (Å²) in [7, 11) is 0. The first kappa shape index (κ1) is 16.1. The molecule has 1 aromatic carbocycles. The van der Waals surface area contributed by atoms with Crippen LogP contribution in [0.2, 0.25) is 0 Å². The van der Waals surface area contributed by atoms with Crippen molar-refractivity contribution >= 4 is 5.91 Å². The molecule has 3 aliphatic rings. The third-order valence-corrected chi connectivity index (χ3v) is 6.07. The number of hydrogen-bond acceptors (Lipinski definition) is 3. The van der Waals surface area contributed by atoms with Gasteiger partial charge in [-0.15, -0.1) is 0 Å². The Bertz CT molecular complexity index is 601. The molecule has 3 aliphatic heterocycles. The van der Waals surface area contributed by atoms with Crippen LogP contribution < -0.4 is 0 Å². The molecule has 24 heavy (non-hydrogen) atoms. The van der Waals surface area contributed by atoms with Crippen LogP contribution >= 0.6 is 0 Å². The van der Waals surface area contributed by atoms with Crippen molar-refractivity contribution in [3.63, 3.8) is 0 Å². The van der Waals surface area contributed by atoms with Crippen LogP contribution in [0.5, 0.6) is 0 Å². The summed E-state index contributed by atoms with van der Waals surface area (Å²) in [6, 6.07) is 8.52. The van der Waals surface area contributed by atoms with Gasteiger partial charge in [0.1, 0.15) is 0 Å². The Morgan fingerprint density at radius 3 is 2.62 bits per heavy atom. The first-order valence-electron chi connectivity index (χ1n) is 9.39. The van der Waals surface area contributed by atoms with E-state index in [9.17, 15) is 4.79 Å². The van der Waals surface area contributed by atoms with Gasteiger partial charge in [-0.05, 0) is 64.3 Å². The Kier molecular flexibility index (Phi) is 4.35. The van der Waals surface area contributed by atoms with Crippen molar-refractivity contribution in [2.75, 3.05) is 32.8 Å². The van der Waals surface area contributed by atoms with Crippen molar-refractivity contribution in [2.45, 2.75) is 50.7 Å². The molecule has 0 aliphatic carbocycles. The van der Waals surface area contributed by atoms with Crippen molar-refractivity contribution < 1.29 is 9.53 Å². The summed E-state index contributed by atoms with van der Waals surface area (Å²) in [5, 5.41) is 0. The van der Waals surface area contributed by atoms with Crippen LogP contribution in [0.15, 0.2) is 24.3 Å². The fourth-order valence-electron chi connectivity index (χ4n) is 4.59. The zero-order valence-corrected chi connectivity index (χ0v) is 14.7. The van der Waals surface area contributed by atoms with Gasteiger partial charge in [0.25, 0.3) is 5.91 Å². The van der Waals surface area contributed by atoms with Gasteiger partial charge >= 0.3 is 0 Å². The Hall–Kier alpha value is -1.39. The zero-order valence-electron chi connectivity index (χ0n) is 14.7. The molecule has 4 nitrogen and oxygen atoms in total. The molecule has 4 heteroatoms. The number of carbonyl (C=O) groups excluding carboxylic acids is 1. The second-order valence-electron chi connectivity index (χ2n) is 7.76. The second kappa shape index (κ2) is 6.49. The van der Waals surface area contributed by atoms with Gasteiger partial charge in [0, 0.05) is 24.7 Å². The van der Waals surface area contributed by atoms with Crippen molar-refractivity contribution in [2.24, 2.45) is 0 Å². The van der Waals surface area contributed by atoms with E-state index >= 15 is 0 Å². The van der Waals surface area contributed by atoms with E-state index in [4.69, 9.17) is 4.74 Å². The molecule has 0 radical (unpaired) electrons. The monoisotopic (exact) mass is 328 g/mol. The first-order valence-corrected chi connectivity index (χ1v) is 9.39. The number of aryl methyl sites for hydroxylation is 1. The molecule has 3 fully saturated rings. The van der Waals surface area contributed by atoms with Gasteiger partial charge in [0.15, 0.2) is 0 Å². The van der Waals surface area contributed by atoms with Crippen LogP contribution in [0, 0.1) is 6.92 Å². The highest BCUT2D eigenvalue weighted by molar-refractivity contribution is 5.94. The molecule has 3 heterocycles. The molecule has 130 valence electrons. The van der Waals surface area contributed by atoms with E-state index < -0.39 is 0 Å². The van der Waals surface area contributed by atoms with Gasteiger partial charge in [0.2, 0.25) is 0 Å². The molecule has 4 rings (SSSR count). The Morgan fingerprint density at radius 1 is 1.17 bits per heavy atom. The minimum atomic E-state index is 0.0244. The normalized spacial score (nSPS) is 27.0. The lowest BCUT2D eigenvalue weighted by atomic mass is 9.87. The lowest BCUT2D eigenvalue weighted by Crippen LogP contribution is -2.47. The first-order chi connectivity index (χ1) is 11.7. The van der Waals surface area contributed by atoms with Gasteiger partial charge < -0.3 is 9.64 Å². The van der Waals surface area contributed by atoms with Gasteiger partial charge in [-0.2, -0.15) is 0 Å². The predicted molar refractivity (Wildman–Crippen MR) is 94.2 cm³/mol. The summed E-state index contributed by atoms with van der Waals surface area (Å²) in [4.78, 5) is 17.3. The number of piperidine rings is 1. The third-order valence-electron chi connectivity index (χ3n) is 6.07. The second-order valence-corrected chi connectivity index (χ2v) is 7.76. The average molecular weight is 328 g/mol. The van der Waals surface area contributed by atoms with Gasteiger partial charge in [-0.1, -0.05) is 17.7 Å². The van der Waals surface area contributed by atoms with E-state index in [0.29, 0.717) is 6.04 Å². The number of nitrogens with zero attached hydrogens (tertiary/aromatic N) is 2. The molecule has 0 saturated carbocycles. The highest BCUT2D eigenvalue weighted by atomic mass is 16.5. The van der Waals surface area contributed by atoms with Crippen LogP contribution in [0.1, 0.15) is 48.0 Å². The molecule has 1 amide bonds. The largest absolute Gasteiger partial charge is 0.373 e. The van der Waals surface area contributed by atoms with Crippen LogP contribution in [0.4, 0.5) is 0 Å². The van der Waals surface area contributed by atoms with Crippen molar-refractivity contribution in [3.05, 3.63) is 35.4 Å². The fourth-order valence-corrected chi connectivity index (χ4v) is 4.59. The number of benzene rings is 1. The average Bonchev–Trinajstić information content (AvgIpc) is 3.25. The predicted octanol–water partition coefficient (Wildman–Crippen LogP) is 2.85. The molecule has 1 spiro atoms. The van der Waals surface area contributed by atoms with Crippen molar-refractivity contribution in [3.8, 4) is 0 Å². The van der Waals surface area contributed by atoms with E-state index in [0.717, 1.165) is 50.1 Å². The van der Waals surface area contributed by atoms with Crippen molar-refractivity contribution in [1.29, 1.82) is 0 Å². The summed E-state index contributed by atoms with van der Waals surface area (Å²) in [5.41, 5.74) is 1.98. The standard InChI is InChI=1S/C20H28N2O2/c1-16-5-4-6-17(13-16)19(23)22-11-7-20(8-12-22)14-18(15-24-20)21-9-2-3-10-21/h4-6,13,18H,2-3,7-12,14-15H2,1H3. The highest BCUT2D eigenvalue weighted by Crippen LogP contribution is 2.38. The third kappa shape index (κ3) is 3.09. The molecule has 1 atom stereocenters. The lowest BCUT2D eigenvalue weighted by Gasteiger charge is -2.39. The molecule has 1 aromatic rings. The van der Waals surface area contributed by atoms with E-state index in [1.165, 1.54) is 25.9 Å². The lowest BCUT2D eigenvalue weighted by molar-refractivity contribution is -0.0393. The highest BCUT2D eigenvalue weighted by Gasteiger charge is 2.45. The molecular weight excluding hydrogens is 300 g/mol. The van der Waals surface area contributed by atoms with Crippen molar-refractivity contribution in [1.82, 2.24) is 9.80 Å². The summed E-state index contributed by atoms with van der Waals surface area (Å²) >= 11 is 0. The Labute approximate surface area is 144 Å². The summed E-state index contributed by atoms with van der Waals surface area (Å²) in [5.74, 6) is 0.169. The van der Waals surface area contributed by atoms with Gasteiger partial charge in [0.05, 0.1) is 12.2 Å². The smallest absolute Gasteiger partial charge is 0.253 e. The van der Waals surface area contributed by atoms with Crippen LogP contribution in [-0.2, 0) is 4.74 Å². The van der Waals surface area contributed by atoms with E-state index in [1.54, 1.807) is 0 Å². The van der Waals surface area contributed by atoms with E-state index in [1.807, 2.05) is 36.1 Å². The summed E-state index contributed by atoms with van der Waals surface area (Å²) in [6.45, 7) is 7.03. The van der Waals surface area contributed by atoms with E-state index in [2.05, 4.69) is 4.90 Å². The number of likely N-dealkylation sites (tertiary alicyclic amines) is 2. The molecule has 0 aromatic heterocycles. The molecule has 0 N–H and O–H groups in total. The fraction of sp³-hybridized carbons (Fsp3) is 0.650. The number of ether oxygens (including phenoxy) is 1. The molecular formula is C20H28N2O2. The molecule has 3 saturated heterocycles. The van der Waals surface area contributed by atoms with Gasteiger partial charge in [-0.25, -0.2) is 0 Å². The Balaban J connectivity index is 1.36. The van der Waals surface area contributed by atoms with Crippen LogP contribution in [0.3, 0.4) is 0 Å². The summed E-state index contributed by atoms with van der Waals surface area (Å²) in [6.07, 6.45) is 5.79. The maximum Gasteiger partial charge on any atom is 0.253 e. The minimum Gasteiger partial charge on any atom is -0.373 e. The van der Waals surface area contributed by atoms with Crippen LogP contribution in [0.25, 0.3) is 0 Å². The molecule has 0 bridgehead atoms. The zero-order chi connectivity index (χ0) is 16.6. The SMILES string of the molecule is Cc1cccc(C(=O)N2CCC3(CC2)CC(N2CCCC2)CO3)c1. The minimum absolute atomic E-state index is 0.0244. The quantitative estimate of drug-likeness (QED) is 0.837. The van der Waals surface area contributed by atoms with Gasteiger partial charge in [-0.3, -0.25) is 9.69 Å². The summed E-state index contributed by atoms with van der Waals surface area (Å²) < 4.78 is 6.28.